The number of hydrogen-bond acceptors (Lipinski definition) is 8. The molecule has 0 radical (unpaired) electrons. The van der Waals surface area contributed by atoms with Crippen LogP contribution in [0.25, 0.3) is 0 Å². The fourth-order valence-electron chi connectivity index (χ4n) is 4.30. The minimum atomic E-state index is -0.651. The normalized spacial score (nSPS) is 14.2. The second-order valence-corrected chi connectivity index (χ2v) is 9.56. The van der Waals surface area contributed by atoms with Crippen LogP contribution in [-0.4, -0.2) is 67.5 Å². The van der Waals surface area contributed by atoms with Gasteiger partial charge in [-0.25, -0.2) is 4.79 Å². The molecule has 3 heterocycles. The van der Waals surface area contributed by atoms with Crippen molar-refractivity contribution in [1.82, 2.24) is 9.91 Å². The number of rotatable bonds is 7. The van der Waals surface area contributed by atoms with Crippen LogP contribution in [0.5, 0.6) is 0 Å². The molecule has 1 amide bonds. The maximum atomic E-state index is 11.0. The van der Waals surface area contributed by atoms with Gasteiger partial charge in [-0.1, -0.05) is 35.9 Å². The minimum absolute atomic E-state index is 0. The van der Waals surface area contributed by atoms with Crippen LogP contribution in [0.4, 0.5) is 22.1 Å². The highest BCUT2D eigenvalue weighted by Gasteiger charge is 2.22. The molecule has 10 nitrogen and oxygen atoms in total. The van der Waals surface area contributed by atoms with Crippen LogP contribution >= 0.6 is 24.0 Å². The lowest BCUT2D eigenvalue weighted by molar-refractivity contribution is -0.402. The van der Waals surface area contributed by atoms with Crippen molar-refractivity contribution in [1.29, 1.82) is 0 Å². The highest BCUT2D eigenvalue weighted by atomic mass is 35.5. The number of nitrogens with zero attached hydrogens (tertiary/aromatic N) is 5. The van der Waals surface area contributed by atoms with E-state index >= 15 is 0 Å². The number of cyclic esters (lactones) is 1. The fraction of sp³-hybridized carbons (Fsp3) is 0.333. The highest BCUT2D eigenvalue weighted by Crippen LogP contribution is 2.37. The molecule has 3 aromatic rings. The van der Waals surface area contributed by atoms with Crippen molar-refractivity contribution in [3.8, 4) is 0 Å². The Morgan fingerprint density at radius 3 is 2.51 bits per heavy atom. The number of hydrazone groups is 1. The van der Waals surface area contributed by atoms with Crippen molar-refractivity contribution < 1.29 is 18.9 Å². The van der Waals surface area contributed by atoms with Crippen molar-refractivity contribution in [3.05, 3.63) is 86.6 Å². The van der Waals surface area contributed by atoms with E-state index in [4.69, 9.17) is 16.0 Å². The van der Waals surface area contributed by atoms with Crippen molar-refractivity contribution in [2.24, 2.45) is 5.10 Å². The molecular weight excluding hydrogens is 545 g/mol. The molecule has 0 unspecified atom stereocenters. The van der Waals surface area contributed by atoms with Gasteiger partial charge in [-0.3, -0.25) is 10.1 Å². The van der Waals surface area contributed by atoms with Gasteiger partial charge in [-0.15, -0.1) is 12.4 Å². The lowest BCUT2D eigenvalue weighted by atomic mass is 10.0. The summed E-state index contributed by atoms with van der Waals surface area (Å²) in [6.45, 7) is 2.75. The Kier molecular flexibility index (Phi) is 10.7. The third-order valence-electron chi connectivity index (χ3n) is 6.13. The number of anilines is 2. The van der Waals surface area contributed by atoms with E-state index in [0.29, 0.717) is 6.54 Å². The molecule has 39 heavy (non-hydrogen) atoms. The zero-order valence-electron chi connectivity index (χ0n) is 21.8. The van der Waals surface area contributed by atoms with Crippen LogP contribution in [-0.2, 0) is 17.6 Å². The third kappa shape index (κ3) is 7.95. The van der Waals surface area contributed by atoms with Crippen LogP contribution in [0.3, 0.4) is 0 Å². The second kappa shape index (κ2) is 14.0. The van der Waals surface area contributed by atoms with Crippen LogP contribution in [0.1, 0.15) is 23.3 Å². The number of para-hydroxylation sites is 1. The molecule has 0 aliphatic carbocycles. The van der Waals surface area contributed by atoms with E-state index in [1.165, 1.54) is 40.8 Å². The first-order valence-electron chi connectivity index (χ1n) is 12.3. The topological polar surface area (TPSA) is 105 Å². The number of fused-ring (bicyclic) bond motifs is 2. The number of hydrogen-bond donors (Lipinski definition) is 0. The van der Waals surface area contributed by atoms with Crippen LogP contribution in [0, 0.1) is 10.1 Å². The molecule has 1 aromatic heterocycles. The number of ether oxygens (including phenoxy) is 1. The zero-order chi connectivity index (χ0) is 27.1. The molecular formula is C27H31Cl2N5O5. The summed E-state index contributed by atoms with van der Waals surface area (Å²) in [4.78, 5) is 25.3. The molecule has 2 aliphatic rings. The van der Waals surface area contributed by atoms with E-state index in [-0.39, 0.29) is 30.7 Å². The summed E-state index contributed by atoms with van der Waals surface area (Å²) < 4.78 is 9.44. The summed E-state index contributed by atoms with van der Waals surface area (Å²) in [7, 11) is 4.25. The SMILES string of the molecule is CN(C)CCCN1c2ccccc2CCc2ccc(Cl)cc21.Cl.O=C1OCCN1N=Cc1ccc([N+](=O)[O-])o1. The van der Waals surface area contributed by atoms with Gasteiger partial charge in [0.2, 0.25) is 0 Å². The lowest BCUT2D eigenvalue weighted by Crippen LogP contribution is -2.24. The van der Waals surface area contributed by atoms with E-state index in [9.17, 15) is 14.9 Å². The quantitative estimate of drug-likeness (QED) is 0.195. The zero-order valence-corrected chi connectivity index (χ0v) is 23.4. The van der Waals surface area contributed by atoms with Gasteiger partial charge in [0.05, 0.1) is 18.8 Å². The standard InChI is InChI=1S/C19H23ClN2.C8H7N3O5.ClH/c1-21(2)12-5-13-22-18-7-4-3-6-15(18)8-9-16-10-11-17(20)14-19(16)22;12-8-10(3-4-15-8)9-5-6-1-2-7(16-6)11(13)14;/h3-4,6-7,10-11,14H,5,8-9,12-13H2,1-2H3;1-2,5H,3-4H2;1H. The first-order chi connectivity index (χ1) is 18.3. The monoisotopic (exact) mass is 575 g/mol. The summed E-state index contributed by atoms with van der Waals surface area (Å²) in [5.41, 5.74) is 5.43. The van der Waals surface area contributed by atoms with Gasteiger partial charge in [0.25, 0.3) is 0 Å². The molecule has 2 aromatic carbocycles. The molecule has 1 saturated heterocycles. The van der Waals surface area contributed by atoms with Crippen LogP contribution in [0.15, 0.2) is 64.1 Å². The summed E-state index contributed by atoms with van der Waals surface area (Å²) in [6, 6.07) is 17.7. The van der Waals surface area contributed by atoms with Crippen LogP contribution < -0.4 is 4.90 Å². The van der Waals surface area contributed by atoms with E-state index in [1.54, 1.807) is 0 Å². The van der Waals surface area contributed by atoms with Gasteiger partial charge in [-0.2, -0.15) is 10.1 Å². The Labute approximate surface area is 238 Å². The minimum Gasteiger partial charge on any atom is -0.446 e. The van der Waals surface area contributed by atoms with Gasteiger partial charge < -0.3 is 19.0 Å². The number of carbonyl (C=O) groups excluding carboxylic acids is 1. The Balaban J connectivity index is 0.000000220. The van der Waals surface area contributed by atoms with Gasteiger partial charge in [0.1, 0.15) is 11.5 Å². The maximum Gasteiger partial charge on any atom is 0.433 e. The fourth-order valence-corrected chi connectivity index (χ4v) is 4.46. The van der Waals surface area contributed by atoms with Gasteiger partial charge in [-0.05, 0) is 75.3 Å². The Morgan fingerprint density at radius 1 is 1.10 bits per heavy atom. The number of amides is 1. The number of nitro groups is 1. The molecule has 2 aliphatic heterocycles. The summed E-state index contributed by atoms with van der Waals surface area (Å²) in [5, 5.41) is 16.0. The molecule has 0 bridgehead atoms. The van der Waals surface area contributed by atoms with Gasteiger partial charge in [0, 0.05) is 22.9 Å². The Bertz CT molecular complexity index is 1310. The number of furan rings is 1. The maximum absolute atomic E-state index is 11.0. The summed E-state index contributed by atoms with van der Waals surface area (Å²) in [6.07, 6.45) is 3.98. The molecule has 0 atom stereocenters. The Morgan fingerprint density at radius 2 is 1.85 bits per heavy atom. The summed E-state index contributed by atoms with van der Waals surface area (Å²) in [5.74, 6) is -0.170. The third-order valence-corrected chi connectivity index (χ3v) is 6.36. The number of aryl methyl sites for hydroxylation is 2. The number of benzene rings is 2. The van der Waals surface area contributed by atoms with Crippen molar-refractivity contribution in [2.45, 2.75) is 19.3 Å². The molecule has 0 spiro atoms. The average molecular weight is 576 g/mol. The molecule has 1 fully saturated rings. The molecule has 12 heteroatoms. The highest BCUT2D eigenvalue weighted by molar-refractivity contribution is 6.30. The molecule has 208 valence electrons. The van der Waals surface area contributed by atoms with E-state index in [2.05, 4.69) is 70.1 Å². The average Bonchev–Trinajstić information content (AvgIpc) is 3.51. The predicted octanol–water partition coefficient (Wildman–Crippen LogP) is 5.92. The van der Waals surface area contributed by atoms with Crippen LogP contribution in [0.2, 0.25) is 5.02 Å². The smallest absolute Gasteiger partial charge is 0.433 e. The first-order valence-corrected chi connectivity index (χ1v) is 12.7. The first kappa shape index (κ1) is 29.9. The number of carbonyl (C=O) groups is 1. The van der Waals surface area contributed by atoms with E-state index in [0.717, 1.165) is 42.4 Å². The van der Waals surface area contributed by atoms with E-state index < -0.39 is 11.0 Å². The van der Waals surface area contributed by atoms with Crippen molar-refractivity contribution >= 4 is 53.6 Å². The Hall–Kier alpha value is -3.60. The molecule has 0 N–H and O–H groups in total. The molecule has 0 saturated carbocycles. The predicted molar refractivity (Wildman–Crippen MR) is 154 cm³/mol. The number of halogens is 2. The molecule has 5 rings (SSSR count). The van der Waals surface area contributed by atoms with Crippen molar-refractivity contribution in [2.75, 3.05) is 45.2 Å². The largest absolute Gasteiger partial charge is 0.446 e. The second-order valence-electron chi connectivity index (χ2n) is 9.13. The van der Waals surface area contributed by atoms with Crippen molar-refractivity contribution in [3.63, 3.8) is 0 Å². The summed E-state index contributed by atoms with van der Waals surface area (Å²) >= 11 is 6.27. The lowest BCUT2D eigenvalue weighted by Gasteiger charge is -2.27. The van der Waals surface area contributed by atoms with Gasteiger partial charge >= 0.3 is 12.0 Å². The van der Waals surface area contributed by atoms with E-state index in [1.807, 2.05) is 6.07 Å². The van der Waals surface area contributed by atoms with Gasteiger partial charge in [0.15, 0.2) is 5.76 Å².